The lowest BCUT2D eigenvalue weighted by Crippen LogP contribution is -2.32. The van der Waals surface area contributed by atoms with E-state index in [1.807, 2.05) is 13.8 Å². The Kier molecular flexibility index (Phi) is 8.00. The fraction of sp³-hybridized carbons (Fsp3) is 0.458. The monoisotopic (exact) mass is 511 g/mol. The predicted octanol–water partition coefficient (Wildman–Crippen LogP) is 3.96. The third kappa shape index (κ3) is 4.96. The Hall–Kier alpha value is -2.49. The van der Waals surface area contributed by atoms with E-state index in [0.29, 0.717) is 57.4 Å². The molecular weight excluding hydrogens is 482 g/mol. The summed E-state index contributed by atoms with van der Waals surface area (Å²) in [6, 6.07) is 4.01. The molecule has 1 aliphatic rings. The van der Waals surface area contributed by atoms with Crippen LogP contribution in [0.1, 0.15) is 37.4 Å². The highest BCUT2D eigenvalue weighted by atomic mass is 35.5. The fourth-order valence-electron chi connectivity index (χ4n) is 4.36. The van der Waals surface area contributed by atoms with Gasteiger partial charge in [0.1, 0.15) is 0 Å². The number of benzene rings is 1. The number of rotatable bonds is 8. The summed E-state index contributed by atoms with van der Waals surface area (Å²) in [6.45, 7) is 3.67. The summed E-state index contributed by atoms with van der Waals surface area (Å²) in [7, 11) is 2.25. The van der Waals surface area contributed by atoms with Crippen LogP contribution in [0.25, 0.3) is 11.1 Å². The highest BCUT2D eigenvalue weighted by Crippen LogP contribution is 2.54. The first-order valence-electron chi connectivity index (χ1n) is 10.8. The van der Waals surface area contributed by atoms with Crippen LogP contribution in [0, 0.1) is 5.92 Å². The van der Waals surface area contributed by atoms with Gasteiger partial charge in [-0.2, -0.15) is 0 Å². The van der Waals surface area contributed by atoms with Crippen LogP contribution in [0.15, 0.2) is 23.0 Å². The minimum absolute atomic E-state index is 0.0377. The molecule has 2 aromatic carbocycles. The van der Waals surface area contributed by atoms with Crippen molar-refractivity contribution in [3.63, 3.8) is 0 Å². The minimum atomic E-state index is -3.63. The topological polar surface area (TPSA) is 100 Å². The van der Waals surface area contributed by atoms with Crippen molar-refractivity contribution in [3.8, 4) is 34.1 Å². The fourth-order valence-corrected chi connectivity index (χ4v) is 6.37. The Morgan fingerprint density at radius 1 is 1.03 bits per heavy atom. The smallest absolute Gasteiger partial charge is 0.220 e. The molecule has 0 fully saturated rings. The minimum Gasteiger partial charge on any atom is -0.493 e. The lowest BCUT2D eigenvalue weighted by Gasteiger charge is -2.21. The molecule has 2 aromatic rings. The average molecular weight is 512 g/mol. The van der Waals surface area contributed by atoms with E-state index >= 15 is 0 Å². The van der Waals surface area contributed by atoms with Crippen molar-refractivity contribution in [1.29, 1.82) is 0 Å². The van der Waals surface area contributed by atoms with Crippen molar-refractivity contribution in [2.45, 2.75) is 32.7 Å². The summed E-state index contributed by atoms with van der Waals surface area (Å²) in [6.07, 6.45) is 0.769. The van der Waals surface area contributed by atoms with E-state index in [1.165, 1.54) is 34.5 Å². The van der Waals surface area contributed by atoms with Gasteiger partial charge in [-0.1, -0.05) is 31.5 Å². The van der Waals surface area contributed by atoms with Gasteiger partial charge in [0.05, 0.1) is 39.2 Å². The van der Waals surface area contributed by atoms with Gasteiger partial charge in [0.15, 0.2) is 17.2 Å². The predicted molar refractivity (Wildman–Crippen MR) is 132 cm³/mol. The second kappa shape index (κ2) is 10.4. The number of fused-ring (bicyclic) bond motifs is 3. The Labute approximate surface area is 205 Å². The molecule has 3 rings (SSSR count). The molecule has 0 radical (unpaired) electrons. The first kappa shape index (κ1) is 26.1. The van der Waals surface area contributed by atoms with E-state index in [9.17, 15) is 13.2 Å². The van der Waals surface area contributed by atoms with E-state index in [0.717, 1.165) is 0 Å². The molecule has 1 N–H and O–H groups in total. The maximum absolute atomic E-state index is 12.9. The molecule has 0 saturated heterocycles. The standard InChI is InChI=1S/C24H30ClNO7S/c1-13(2)12-34(28,29)26-17-9-7-15-20(14-8-10-19(30-3)18(27)11-16(14)17)22(31-4)24(33-6)23(32-5)21(15)25/h8,10-11,13,17,26H,7,9,12H2,1-6H3/t17-/m0/s1. The quantitative estimate of drug-likeness (QED) is 0.572. The van der Waals surface area contributed by atoms with E-state index in [2.05, 4.69) is 4.72 Å². The summed E-state index contributed by atoms with van der Waals surface area (Å²) < 4.78 is 50.6. The van der Waals surface area contributed by atoms with Crippen LogP contribution >= 0.6 is 11.6 Å². The van der Waals surface area contributed by atoms with Crippen LogP contribution in [-0.2, 0) is 16.4 Å². The Bertz CT molecular complexity index is 1250. The van der Waals surface area contributed by atoms with E-state index in [1.54, 1.807) is 12.1 Å². The molecule has 0 unspecified atom stereocenters. The molecular formula is C24H30ClNO7S. The Balaban J connectivity index is 2.39. The third-order valence-corrected chi connectivity index (χ3v) is 7.83. The van der Waals surface area contributed by atoms with Gasteiger partial charge in [-0.25, -0.2) is 13.1 Å². The van der Waals surface area contributed by atoms with Crippen LogP contribution in [0.2, 0.25) is 5.02 Å². The zero-order valence-electron chi connectivity index (χ0n) is 20.2. The molecule has 1 atom stereocenters. The molecule has 0 spiro atoms. The second-order valence-corrected chi connectivity index (χ2v) is 10.6. The number of hydrogen-bond acceptors (Lipinski definition) is 7. The summed E-state index contributed by atoms with van der Waals surface area (Å²) in [4.78, 5) is 12.9. The lowest BCUT2D eigenvalue weighted by molar-refractivity contribution is 0.325. The molecule has 0 bridgehead atoms. The van der Waals surface area contributed by atoms with Crippen molar-refractivity contribution in [1.82, 2.24) is 4.72 Å². The highest BCUT2D eigenvalue weighted by Gasteiger charge is 2.33. The second-order valence-electron chi connectivity index (χ2n) is 8.43. The molecule has 1 aliphatic carbocycles. The van der Waals surface area contributed by atoms with Gasteiger partial charge < -0.3 is 18.9 Å². The van der Waals surface area contributed by atoms with Gasteiger partial charge in [0, 0.05) is 11.6 Å². The SMILES string of the molecule is COc1c(Cl)c2c(c(OC)c1OC)-c1ccc(OC)c(=O)cc1[C@@H](NS(=O)(=O)CC(C)C)CC2. The normalized spacial score (nSPS) is 15.2. The number of halogens is 1. The largest absolute Gasteiger partial charge is 0.493 e. The van der Waals surface area contributed by atoms with Crippen molar-refractivity contribution >= 4 is 21.6 Å². The maximum Gasteiger partial charge on any atom is 0.220 e. The van der Waals surface area contributed by atoms with Crippen molar-refractivity contribution in [2.75, 3.05) is 34.2 Å². The van der Waals surface area contributed by atoms with Crippen LogP contribution in [0.3, 0.4) is 0 Å². The molecule has 0 heterocycles. The number of methoxy groups -OCH3 is 4. The summed E-state index contributed by atoms with van der Waals surface area (Å²) in [5, 5.41) is 0.340. The Morgan fingerprint density at radius 2 is 1.68 bits per heavy atom. The zero-order chi connectivity index (χ0) is 25.2. The van der Waals surface area contributed by atoms with Crippen LogP contribution in [-0.4, -0.2) is 42.6 Å². The van der Waals surface area contributed by atoms with Gasteiger partial charge in [-0.3, -0.25) is 4.79 Å². The lowest BCUT2D eigenvalue weighted by atomic mass is 9.95. The molecule has 186 valence electrons. The van der Waals surface area contributed by atoms with E-state index in [-0.39, 0.29) is 22.8 Å². The van der Waals surface area contributed by atoms with Gasteiger partial charge in [0.25, 0.3) is 0 Å². The molecule has 8 nitrogen and oxygen atoms in total. The zero-order valence-corrected chi connectivity index (χ0v) is 21.7. The number of sulfonamides is 1. The van der Waals surface area contributed by atoms with Gasteiger partial charge in [0.2, 0.25) is 21.2 Å². The van der Waals surface area contributed by atoms with Crippen molar-refractivity contribution in [2.24, 2.45) is 5.92 Å². The molecule has 0 aromatic heterocycles. The first-order valence-corrected chi connectivity index (χ1v) is 12.8. The Morgan fingerprint density at radius 3 is 2.24 bits per heavy atom. The van der Waals surface area contributed by atoms with Crippen molar-refractivity contribution < 1.29 is 27.4 Å². The number of nitrogens with one attached hydrogen (secondary N) is 1. The highest BCUT2D eigenvalue weighted by molar-refractivity contribution is 7.89. The number of ether oxygens (including phenoxy) is 4. The average Bonchev–Trinajstić information content (AvgIpc) is 3.01. The van der Waals surface area contributed by atoms with Gasteiger partial charge >= 0.3 is 0 Å². The van der Waals surface area contributed by atoms with Gasteiger partial charge in [-0.05, 0) is 47.6 Å². The number of hydrogen-bond donors (Lipinski definition) is 1. The molecule has 10 heteroatoms. The van der Waals surface area contributed by atoms with Crippen LogP contribution in [0.4, 0.5) is 0 Å². The molecule has 0 aliphatic heterocycles. The van der Waals surface area contributed by atoms with E-state index < -0.39 is 16.1 Å². The first-order chi connectivity index (χ1) is 16.1. The van der Waals surface area contributed by atoms with Crippen LogP contribution < -0.4 is 29.1 Å². The molecule has 34 heavy (non-hydrogen) atoms. The van der Waals surface area contributed by atoms with Crippen molar-refractivity contribution in [3.05, 3.63) is 44.6 Å². The summed E-state index contributed by atoms with van der Waals surface area (Å²) in [5.41, 5.74) is 2.04. The van der Waals surface area contributed by atoms with Gasteiger partial charge in [-0.15, -0.1) is 0 Å². The summed E-state index contributed by atoms with van der Waals surface area (Å²) >= 11 is 6.77. The van der Waals surface area contributed by atoms with E-state index in [4.69, 9.17) is 30.5 Å². The maximum atomic E-state index is 12.9. The molecule has 0 saturated carbocycles. The third-order valence-electron chi connectivity index (χ3n) is 5.68. The summed E-state index contributed by atoms with van der Waals surface area (Å²) in [5.74, 6) is 1.03. The van der Waals surface area contributed by atoms with Crippen LogP contribution in [0.5, 0.6) is 23.0 Å². The molecule has 0 amide bonds.